The Kier molecular flexibility index (Phi) is 6.34. The number of amides is 2. The fourth-order valence-corrected chi connectivity index (χ4v) is 3.55. The molecule has 1 aliphatic rings. The van der Waals surface area contributed by atoms with Crippen LogP contribution in [0.3, 0.4) is 0 Å². The Bertz CT molecular complexity index is 863. The molecule has 1 fully saturated rings. The van der Waals surface area contributed by atoms with Crippen LogP contribution in [0.15, 0.2) is 42.5 Å². The van der Waals surface area contributed by atoms with Crippen molar-refractivity contribution in [3.8, 4) is 5.75 Å². The van der Waals surface area contributed by atoms with Crippen molar-refractivity contribution in [3.63, 3.8) is 0 Å². The third-order valence-corrected chi connectivity index (χ3v) is 5.19. The Hall–Kier alpha value is -2.82. The van der Waals surface area contributed by atoms with Crippen LogP contribution in [-0.2, 0) is 4.79 Å². The van der Waals surface area contributed by atoms with E-state index in [1.165, 1.54) is 5.56 Å². The number of carbonyl (C=O) groups excluding carboxylic acids is 2. The van der Waals surface area contributed by atoms with Gasteiger partial charge in [-0.15, -0.1) is 0 Å². The summed E-state index contributed by atoms with van der Waals surface area (Å²) in [4.78, 5) is 29.1. The van der Waals surface area contributed by atoms with E-state index in [1.54, 1.807) is 4.90 Å². The van der Waals surface area contributed by atoms with Gasteiger partial charge in [-0.3, -0.25) is 9.59 Å². The third kappa shape index (κ3) is 4.71. The fraction of sp³-hybridized carbons (Fsp3) is 0.391. The molecule has 0 bridgehead atoms. The van der Waals surface area contributed by atoms with Crippen molar-refractivity contribution < 1.29 is 14.3 Å². The SMILES string of the molecule is Cc1ccc(OCC(=O)N2CCCN(C(=O)c3ccccc3C)CC2)c(C)c1. The molecule has 1 heterocycles. The number of nitrogens with zero attached hydrogens (tertiary/aromatic N) is 2. The maximum absolute atomic E-state index is 12.8. The second kappa shape index (κ2) is 8.91. The van der Waals surface area contributed by atoms with Gasteiger partial charge in [-0.2, -0.15) is 0 Å². The molecular weight excluding hydrogens is 352 g/mol. The lowest BCUT2D eigenvalue weighted by molar-refractivity contribution is -0.133. The largest absolute Gasteiger partial charge is 0.484 e. The normalized spacial score (nSPS) is 14.5. The smallest absolute Gasteiger partial charge is 0.260 e. The van der Waals surface area contributed by atoms with Crippen molar-refractivity contribution in [2.24, 2.45) is 0 Å². The molecule has 2 aromatic carbocycles. The topological polar surface area (TPSA) is 49.9 Å². The van der Waals surface area contributed by atoms with E-state index in [0.717, 1.165) is 28.9 Å². The maximum atomic E-state index is 12.8. The quantitative estimate of drug-likeness (QED) is 0.817. The van der Waals surface area contributed by atoms with Crippen molar-refractivity contribution >= 4 is 11.8 Å². The first kappa shape index (κ1) is 19.9. The molecule has 148 valence electrons. The molecule has 0 unspecified atom stereocenters. The summed E-state index contributed by atoms with van der Waals surface area (Å²) in [6.07, 6.45) is 0.771. The first-order valence-corrected chi connectivity index (χ1v) is 9.78. The first-order valence-electron chi connectivity index (χ1n) is 9.78. The van der Waals surface area contributed by atoms with Crippen molar-refractivity contribution in [1.82, 2.24) is 9.80 Å². The van der Waals surface area contributed by atoms with Crippen molar-refractivity contribution in [2.75, 3.05) is 32.8 Å². The molecule has 1 saturated heterocycles. The standard InChI is InChI=1S/C23H28N2O3/c1-17-9-10-21(19(3)15-17)28-16-22(26)24-11-6-12-25(14-13-24)23(27)20-8-5-4-7-18(20)2/h4-5,7-10,15H,6,11-14,16H2,1-3H3. The monoisotopic (exact) mass is 380 g/mol. The van der Waals surface area contributed by atoms with Crippen LogP contribution < -0.4 is 4.74 Å². The highest BCUT2D eigenvalue weighted by molar-refractivity contribution is 5.95. The van der Waals surface area contributed by atoms with Crippen LogP contribution in [0, 0.1) is 20.8 Å². The summed E-state index contributed by atoms with van der Waals surface area (Å²) in [7, 11) is 0. The third-order valence-electron chi connectivity index (χ3n) is 5.19. The van der Waals surface area contributed by atoms with E-state index >= 15 is 0 Å². The maximum Gasteiger partial charge on any atom is 0.260 e. The van der Waals surface area contributed by atoms with Gasteiger partial charge in [0.15, 0.2) is 6.61 Å². The molecule has 0 atom stereocenters. The van der Waals surface area contributed by atoms with Gasteiger partial charge >= 0.3 is 0 Å². The summed E-state index contributed by atoms with van der Waals surface area (Å²) in [6.45, 7) is 8.37. The minimum Gasteiger partial charge on any atom is -0.484 e. The molecule has 5 heteroatoms. The Morgan fingerprint density at radius 1 is 0.893 bits per heavy atom. The van der Waals surface area contributed by atoms with Gasteiger partial charge in [0.1, 0.15) is 5.75 Å². The zero-order valence-electron chi connectivity index (χ0n) is 16.9. The molecule has 0 aliphatic carbocycles. The van der Waals surface area contributed by atoms with Gasteiger partial charge in [0.25, 0.3) is 11.8 Å². The van der Waals surface area contributed by atoms with E-state index in [2.05, 4.69) is 0 Å². The predicted octanol–water partition coefficient (Wildman–Crippen LogP) is 3.37. The van der Waals surface area contributed by atoms with E-state index in [1.807, 2.05) is 68.1 Å². The van der Waals surface area contributed by atoms with E-state index in [4.69, 9.17) is 4.74 Å². The number of aryl methyl sites for hydroxylation is 3. The average Bonchev–Trinajstić information content (AvgIpc) is 2.93. The lowest BCUT2D eigenvalue weighted by Crippen LogP contribution is -2.39. The summed E-state index contributed by atoms with van der Waals surface area (Å²) < 4.78 is 5.74. The van der Waals surface area contributed by atoms with E-state index < -0.39 is 0 Å². The summed E-state index contributed by atoms with van der Waals surface area (Å²) >= 11 is 0. The van der Waals surface area contributed by atoms with E-state index in [0.29, 0.717) is 26.2 Å². The van der Waals surface area contributed by atoms with Gasteiger partial charge in [-0.05, 0) is 50.5 Å². The highest BCUT2D eigenvalue weighted by Gasteiger charge is 2.23. The van der Waals surface area contributed by atoms with Gasteiger partial charge in [0.05, 0.1) is 0 Å². The van der Waals surface area contributed by atoms with Gasteiger partial charge in [-0.25, -0.2) is 0 Å². The van der Waals surface area contributed by atoms with Crippen LogP contribution in [0.2, 0.25) is 0 Å². The van der Waals surface area contributed by atoms with Crippen LogP contribution in [0.4, 0.5) is 0 Å². The van der Waals surface area contributed by atoms with Crippen molar-refractivity contribution in [3.05, 3.63) is 64.7 Å². The number of carbonyl (C=O) groups is 2. The molecule has 0 aromatic heterocycles. The summed E-state index contributed by atoms with van der Waals surface area (Å²) in [5, 5.41) is 0. The fourth-order valence-electron chi connectivity index (χ4n) is 3.55. The lowest BCUT2D eigenvalue weighted by atomic mass is 10.1. The first-order chi connectivity index (χ1) is 13.5. The Morgan fingerprint density at radius 3 is 2.36 bits per heavy atom. The zero-order valence-corrected chi connectivity index (χ0v) is 16.9. The Labute approximate surface area is 166 Å². The van der Waals surface area contributed by atoms with Crippen LogP contribution in [0.5, 0.6) is 5.75 Å². The molecule has 2 amide bonds. The molecule has 0 saturated carbocycles. The molecule has 0 radical (unpaired) electrons. The zero-order chi connectivity index (χ0) is 20.1. The summed E-state index contributed by atoms with van der Waals surface area (Å²) in [5.74, 6) is 0.745. The second-order valence-electron chi connectivity index (χ2n) is 7.40. The highest BCUT2D eigenvalue weighted by atomic mass is 16.5. The molecule has 3 rings (SSSR count). The molecule has 1 aliphatic heterocycles. The Morgan fingerprint density at radius 2 is 1.61 bits per heavy atom. The molecule has 2 aromatic rings. The minimum absolute atomic E-state index is 0.0235. The molecule has 0 spiro atoms. The number of hydrogen-bond acceptors (Lipinski definition) is 3. The number of rotatable bonds is 4. The number of benzene rings is 2. The van der Waals surface area contributed by atoms with Crippen molar-refractivity contribution in [2.45, 2.75) is 27.2 Å². The predicted molar refractivity (Wildman–Crippen MR) is 110 cm³/mol. The highest BCUT2D eigenvalue weighted by Crippen LogP contribution is 2.19. The molecule has 5 nitrogen and oxygen atoms in total. The average molecular weight is 380 g/mol. The number of ether oxygens (including phenoxy) is 1. The summed E-state index contributed by atoms with van der Waals surface area (Å²) in [6, 6.07) is 13.6. The van der Waals surface area contributed by atoms with Gasteiger partial charge in [0.2, 0.25) is 0 Å². The number of hydrogen-bond donors (Lipinski definition) is 0. The van der Waals surface area contributed by atoms with Gasteiger partial charge in [-0.1, -0.05) is 35.9 Å². The van der Waals surface area contributed by atoms with Gasteiger partial charge in [0, 0.05) is 31.7 Å². The second-order valence-corrected chi connectivity index (χ2v) is 7.40. The van der Waals surface area contributed by atoms with Crippen LogP contribution >= 0.6 is 0 Å². The molecule has 28 heavy (non-hydrogen) atoms. The minimum atomic E-state index is -0.0369. The van der Waals surface area contributed by atoms with Crippen LogP contribution in [-0.4, -0.2) is 54.4 Å². The van der Waals surface area contributed by atoms with E-state index in [9.17, 15) is 9.59 Å². The molecule has 0 N–H and O–H groups in total. The van der Waals surface area contributed by atoms with E-state index in [-0.39, 0.29) is 18.4 Å². The van der Waals surface area contributed by atoms with Crippen molar-refractivity contribution in [1.29, 1.82) is 0 Å². The van der Waals surface area contributed by atoms with Crippen LogP contribution in [0.25, 0.3) is 0 Å². The Balaban J connectivity index is 1.56. The molecular formula is C23H28N2O3. The lowest BCUT2D eigenvalue weighted by Gasteiger charge is -2.23. The van der Waals surface area contributed by atoms with Crippen LogP contribution in [0.1, 0.15) is 33.5 Å². The summed E-state index contributed by atoms with van der Waals surface area (Å²) in [5.41, 5.74) is 3.91. The van der Waals surface area contributed by atoms with Gasteiger partial charge < -0.3 is 14.5 Å².